The van der Waals surface area contributed by atoms with Crippen LogP contribution in [0.15, 0.2) is 29.2 Å². The second-order valence-corrected chi connectivity index (χ2v) is 6.92. The Labute approximate surface area is 130 Å². The fourth-order valence-corrected chi connectivity index (χ4v) is 2.66. The van der Waals surface area contributed by atoms with Crippen molar-refractivity contribution in [3.05, 3.63) is 24.3 Å². The largest absolute Gasteiger partial charge is 0.326 e. The van der Waals surface area contributed by atoms with E-state index in [0.717, 1.165) is 0 Å². The molecule has 0 saturated carbocycles. The van der Waals surface area contributed by atoms with Crippen molar-refractivity contribution < 1.29 is 18.0 Å². The second kappa shape index (κ2) is 8.02. The Morgan fingerprint density at radius 2 is 1.73 bits per heavy atom. The number of hydrogen-bond donors (Lipinski definition) is 2. The van der Waals surface area contributed by atoms with Gasteiger partial charge in [-0.05, 0) is 45.3 Å². The lowest BCUT2D eigenvalue weighted by Crippen LogP contribution is -2.31. The standard InChI is InChI=1S/C14H21N3O4S/c1-11(18)10-14(19)16-12-4-6-13(7-5-12)22(20,21)15-8-9-17(2)3/h4-7,15H,8-10H2,1-3H3,(H,16,19). The summed E-state index contributed by atoms with van der Waals surface area (Å²) in [6.45, 7) is 2.24. The molecule has 0 atom stereocenters. The maximum Gasteiger partial charge on any atom is 0.240 e. The van der Waals surface area contributed by atoms with Gasteiger partial charge in [0, 0.05) is 18.8 Å². The fraction of sp³-hybridized carbons (Fsp3) is 0.429. The molecule has 7 nitrogen and oxygen atoms in total. The van der Waals surface area contributed by atoms with Gasteiger partial charge in [-0.25, -0.2) is 13.1 Å². The SMILES string of the molecule is CC(=O)CC(=O)Nc1ccc(S(=O)(=O)NCCN(C)C)cc1. The number of rotatable bonds is 8. The molecule has 0 saturated heterocycles. The van der Waals surface area contributed by atoms with Crippen LogP contribution < -0.4 is 10.0 Å². The molecule has 2 N–H and O–H groups in total. The third-order valence-electron chi connectivity index (χ3n) is 2.71. The molecule has 1 rings (SSSR count). The smallest absolute Gasteiger partial charge is 0.240 e. The summed E-state index contributed by atoms with van der Waals surface area (Å²) in [5, 5.41) is 2.53. The lowest BCUT2D eigenvalue weighted by atomic mass is 10.2. The van der Waals surface area contributed by atoms with Crippen molar-refractivity contribution in [3.8, 4) is 0 Å². The topological polar surface area (TPSA) is 95.6 Å². The predicted molar refractivity (Wildman–Crippen MR) is 84.1 cm³/mol. The van der Waals surface area contributed by atoms with Crippen molar-refractivity contribution in [1.29, 1.82) is 0 Å². The average molecular weight is 327 g/mol. The van der Waals surface area contributed by atoms with Gasteiger partial charge in [0.1, 0.15) is 5.78 Å². The van der Waals surface area contributed by atoms with Crippen LogP contribution in [0.1, 0.15) is 13.3 Å². The molecule has 0 aliphatic rings. The number of amides is 1. The fourth-order valence-electron chi connectivity index (χ4n) is 1.64. The van der Waals surface area contributed by atoms with Gasteiger partial charge in [0.05, 0.1) is 11.3 Å². The first-order valence-electron chi connectivity index (χ1n) is 6.74. The Morgan fingerprint density at radius 1 is 1.14 bits per heavy atom. The van der Waals surface area contributed by atoms with E-state index >= 15 is 0 Å². The Balaban J connectivity index is 2.67. The Bertz CT molecular complexity index is 624. The van der Waals surface area contributed by atoms with E-state index < -0.39 is 15.9 Å². The van der Waals surface area contributed by atoms with Gasteiger partial charge in [-0.2, -0.15) is 0 Å². The number of likely N-dealkylation sites (N-methyl/N-ethyl adjacent to an activating group) is 1. The van der Waals surface area contributed by atoms with E-state index in [1.807, 2.05) is 19.0 Å². The molecule has 8 heteroatoms. The molecule has 122 valence electrons. The molecule has 0 spiro atoms. The van der Waals surface area contributed by atoms with Crippen LogP contribution in [0.5, 0.6) is 0 Å². The van der Waals surface area contributed by atoms with E-state index in [1.54, 1.807) is 0 Å². The monoisotopic (exact) mass is 327 g/mol. The highest BCUT2D eigenvalue weighted by Gasteiger charge is 2.13. The van der Waals surface area contributed by atoms with Crippen molar-refractivity contribution >= 4 is 27.4 Å². The number of carbonyl (C=O) groups is 2. The molecule has 0 radical (unpaired) electrons. The van der Waals surface area contributed by atoms with E-state index in [9.17, 15) is 18.0 Å². The highest BCUT2D eigenvalue weighted by molar-refractivity contribution is 7.89. The van der Waals surface area contributed by atoms with Crippen LogP contribution in [-0.4, -0.2) is 52.2 Å². The second-order valence-electron chi connectivity index (χ2n) is 5.15. The summed E-state index contributed by atoms with van der Waals surface area (Å²) in [5.41, 5.74) is 0.443. The van der Waals surface area contributed by atoms with E-state index in [2.05, 4.69) is 10.0 Å². The molecule has 1 amide bonds. The lowest BCUT2D eigenvalue weighted by molar-refractivity contribution is -0.124. The average Bonchev–Trinajstić information content (AvgIpc) is 2.37. The quantitative estimate of drug-likeness (QED) is 0.676. The van der Waals surface area contributed by atoms with Gasteiger partial charge in [0.15, 0.2) is 0 Å². The van der Waals surface area contributed by atoms with Gasteiger partial charge in [-0.15, -0.1) is 0 Å². The summed E-state index contributed by atoms with van der Waals surface area (Å²) in [6.07, 6.45) is -0.202. The van der Waals surface area contributed by atoms with E-state index in [-0.39, 0.29) is 17.1 Å². The van der Waals surface area contributed by atoms with Crippen LogP contribution in [0, 0.1) is 0 Å². The van der Waals surface area contributed by atoms with Gasteiger partial charge in [-0.1, -0.05) is 0 Å². The molecule has 0 aliphatic heterocycles. The van der Waals surface area contributed by atoms with E-state index in [1.165, 1.54) is 31.2 Å². The Hall–Kier alpha value is -1.77. The first-order chi connectivity index (χ1) is 10.2. The van der Waals surface area contributed by atoms with Crippen molar-refractivity contribution in [2.24, 2.45) is 0 Å². The molecule has 1 aromatic carbocycles. The van der Waals surface area contributed by atoms with Gasteiger partial charge < -0.3 is 10.2 Å². The van der Waals surface area contributed by atoms with E-state index in [4.69, 9.17) is 0 Å². The van der Waals surface area contributed by atoms with Crippen LogP contribution in [-0.2, 0) is 19.6 Å². The van der Waals surface area contributed by atoms with Crippen molar-refractivity contribution in [3.63, 3.8) is 0 Å². The first kappa shape index (κ1) is 18.3. The highest BCUT2D eigenvalue weighted by Crippen LogP contribution is 2.14. The molecule has 0 bridgehead atoms. The predicted octanol–water partition coefficient (Wildman–Crippen LogP) is 0.444. The minimum absolute atomic E-state index is 0.121. The van der Waals surface area contributed by atoms with Crippen LogP contribution in [0.25, 0.3) is 0 Å². The number of benzene rings is 1. The number of anilines is 1. The first-order valence-corrected chi connectivity index (χ1v) is 8.23. The number of nitrogens with zero attached hydrogens (tertiary/aromatic N) is 1. The Morgan fingerprint density at radius 3 is 2.23 bits per heavy atom. The highest BCUT2D eigenvalue weighted by atomic mass is 32.2. The number of hydrogen-bond acceptors (Lipinski definition) is 5. The summed E-state index contributed by atoms with van der Waals surface area (Å²) in [4.78, 5) is 24.3. The molecular weight excluding hydrogens is 306 g/mol. The summed E-state index contributed by atoms with van der Waals surface area (Å²) in [6, 6.07) is 5.78. The number of nitrogens with one attached hydrogen (secondary N) is 2. The molecular formula is C14H21N3O4S. The Kier molecular flexibility index (Phi) is 6.66. The van der Waals surface area contributed by atoms with Crippen molar-refractivity contribution in [1.82, 2.24) is 9.62 Å². The lowest BCUT2D eigenvalue weighted by Gasteiger charge is -2.11. The number of sulfonamides is 1. The van der Waals surface area contributed by atoms with Crippen LogP contribution >= 0.6 is 0 Å². The molecule has 1 aromatic rings. The number of ketones is 1. The van der Waals surface area contributed by atoms with Gasteiger partial charge in [0.2, 0.25) is 15.9 Å². The summed E-state index contributed by atoms with van der Waals surface area (Å²) in [5.74, 6) is -0.658. The minimum atomic E-state index is -3.56. The normalized spacial score (nSPS) is 11.5. The summed E-state index contributed by atoms with van der Waals surface area (Å²) >= 11 is 0. The third-order valence-corrected chi connectivity index (χ3v) is 4.19. The molecule has 0 unspecified atom stereocenters. The minimum Gasteiger partial charge on any atom is -0.326 e. The zero-order valence-corrected chi connectivity index (χ0v) is 13.7. The van der Waals surface area contributed by atoms with Gasteiger partial charge in [-0.3, -0.25) is 9.59 Å². The van der Waals surface area contributed by atoms with Crippen molar-refractivity contribution in [2.75, 3.05) is 32.5 Å². The van der Waals surface area contributed by atoms with Crippen LogP contribution in [0.3, 0.4) is 0 Å². The maximum atomic E-state index is 12.0. The molecule has 22 heavy (non-hydrogen) atoms. The zero-order chi connectivity index (χ0) is 16.8. The number of Topliss-reactive ketones (excluding diaryl/α,β-unsaturated/α-hetero) is 1. The molecule has 0 aromatic heterocycles. The molecule has 0 aliphatic carbocycles. The maximum absolute atomic E-state index is 12.0. The number of carbonyl (C=O) groups excluding carboxylic acids is 2. The van der Waals surface area contributed by atoms with E-state index in [0.29, 0.717) is 18.8 Å². The summed E-state index contributed by atoms with van der Waals surface area (Å²) in [7, 11) is 0.144. The van der Waals surface area contributed by atoms with Crippen LogP contribution in [0.2, 0.25) is 0 Å². The van der Waals surface area contributed by atoms with Gasteiger partial charge in [0.25, 0.3) is 0 Å². The van der Waals surface area contributed by atoms with Crippen LogP contribution in [0.4, 0.5) is 5.69 Å². The zero-order valence-electron chi connectivity index (χ0n) is 12.9. The van der Waals surface area contributed by atoms with Gasteiger partial charge >= 0.3 is 0 Å². The summed E-state index contributed by atoms with van der Waals surface area (Å²) < 4.78 is 26.6. The van der Waals surface area contributed by atoms with Crippen molar-refractivity contribution in [2.45, 2.75) is 18.2 Å². The molecule has 0 heterocycles. The molecule has 0 fully saturated rings. The third kappa shape index (κ3) is 6.33.